The number of pyridine rings is 1. The summed E-state index contributed by atoms with van der Waals surface area (Å²) in [6.45, 7) is 7.90. The molecule has 11 heteroatoms. The Balaban J connectivity index is 1.39. The van der Waals surface area contributed by atoms with Crippen molar-refractivity contribution in [2.24, 2.45) is 0 Å². The quantitative estimate of drug-likeness (QED) is 0.460. The van der Waals surface area contributed by atoms with Gasteiger partial charge in [0, 0.05) is 24.8 Å². The summed E-state index contributed by atoms with van der Waals surface area (Å²) in [5, 5.41) is 10.8. The average molecular weight is 452 g/mol. The van der Waals surface area contributed by atoms with Gasteiger partial charge in [0.1, 0.15) is 34.0 Å². The van der Waals surface area contributed by atoms with Crippen molar-refractivity contribution in [1.82, 2.24) is 39.0 Å². The third-order valence-electron chi connectivity index (χ3n) is 5.48. The van der Waals surface area contributed by atoms with Crippen molar-refractivity contribution in [3.05, 3.63) is 42.7 Å². The fourth-order valence-electron chi connectivity index (χ4n) is 4.01. The molecule has 0 bridgehead atoms. The molecule has 4 aromatic rings. The second-order valence-electron chi connectivity index (χ2n) is 8.09. The molecule has 5 heterocycles. The zero-order valence-corrected chi connectivity index (χ0v) is 19.0. The van der Waals surface area contributed by atoms with E-state index < -0.39 is 11.0 Å². The van der Waals surface area contributed by atoms with Gasteiger partial charge in [-0.25, -0.2) is 24.1 Å². The SMILES string of the molecule is Cc1nc2cnc(Nc3ccnc(-c4cnn(S(=O)C5CCNC5)c4)n3)cc2n1C(C)C. The van der Waals surface area contributed by atoms with Crippen LogP contribution in [0.25, 0.3) is 22.4 Å². The number of anilines is 2. The molecule has 0 spiro atoms. The Hall–Kier alpha value is -3.18. The number of fused-ring (bicyclic) bond motifs is 1. The van der Waals surface area contributed by atoms with E-state index in [-0.39, 0.29) is 5.25 Å². The van der Waals surface area contributed by atoms with Crippen molar-refractivity contribution in [3.63, 3.8) is 0 Å². The number of nitrogens with zero attached hydrogens (tertiary/aromatic N) is 7. The Morgan fingerprint density at radius 1 is 1.22 bits per heavy atom. The predicted molar refractivity (Wildman–Crippen MR) is 124 cm³/mol. The predicted octanol–water partition coefficient (Wildman–Crippen LogP) is 2.59. The molecule has 2 unspecified atom stereocenters. The maximum Gasteiger partial charge on any atom is 0.164 e. The summed E-state index contributed by atoms with van der Waals surface area (Å²) >= 11 is 0. The molecule has 10 nitrogen and oxygen atoms in total. The Morgan fingerprint density at radius 2 is 2.09 bits per heavy atom. The highest BCUT2D eigenvalue weighted by molar-refractivity contribution is 7.84. The van der Waals surface area contributed by atoms with Crippen LogP contribution in [0.4, 0.5) is 11.6 Å². The van der Waals surface area contributed by atoms with Gasteiger partial charge in [-0.2, -0.15) is 9.19 Å². The van der Waals surface area contributed by atoms with Crippen LogP contribution in [0.2, 0.25) is 0 Å². The summed E-state index contributed by atoms with van der Waals surface area (Å²) in [6.07, 6.45) is 7.71. The fraction of sp³-hybridized carbons (Fsp3) is 0.381. The van der Waals surface area contributed by atoms with Crippen LogP contribution in [0.3, 0.4) is 0 Å². The van der Waals surface area contributed by atoms with E-state index in [1.54, 1.807) is 30.9 Å². The van der Waals surface area contributed by atoms with E-state index in [9.17, 15) is 4.21 Å². The Morgan fingerprint density at radius 3 is 2.88 bits per heavy atom. The van der Waals surface area contributed by atoms with Gasteiger partial charge in [-0.05, 0) is 39.8 Å². The van der Waals surface area contributed by atoms with E-state index >= 15 is 0 Å². The van der Waals surface area contributed by atoms with E-state index in [0.717, 1.165) is 36.4 Å². The summed E-state index contributed by atoms with van der Waals surface area (Å²) < 4.78 is 16.4. The van der Waals surface area contributed by atoms with Gasteiger partial charge >= 0.3 is 0 Å². The lowest BCUT2D eigenvalue weighted by Gasteiger charge is -2.11. The third kappa shape index (κ3) is 3.89. The molecular weight excluding hydrogens is 426 g/mol. The minimum absolute atomic E-state index is 0.0700. The molecule has 2 atom stereocenters. The van der Waals surface area contributed by atoms with Crippen LogP contribution in [0, 0.1) is 6.92 Å². The number of hydrogen-bond donors (Lipinski definition) is 2. The van der Waals surface area contributed by atoms with E-state index in [1.807, 2.05) is 13.0 Å². The molecule has 0 amide bonds. The van der Waals surface area contributed by atoms with Crippen molar-refractivity contribution in [2.75, 3.05) is 18.4 Å². The summed E-state index contributed by atoms with van der Waals surface area (Å²) in [5.74, 6) is 2.76. The van der Waals surface area contributed by atoms with Crippen LogP contribution >= 0.6 is 0 Å². The topological polar surface area (TPSA) is 115 Å². The average Bonchev–Trinajstić information content (AvgIpc) is 3.52. The summed E-state index contributed by atoms with van der Waals surface area (Å²) in [4.78, 5) is 18.0. The molecule has 0 saturated carbocycles. The largest absolute Gasteiger partial charge is 0.326 e. The first-order valence-corrected chi connectivity index (χ1v) is 11.8. The number of aromatic nitrogens is 7. The van der Waals surface area contributed by atoms with Gasteiger partial charge in [-0.1, -0.05) is 0 Å². The van der Waals surface area contributed by atoms with Crippen LogP contribution in [-0.2, 0) is 11.0 Å². The molecule has 0 radical (unpaired) electrons. The van der Waals surface area contributed by atoms with E-state index in [0.29, 0.717) is 29.1 Å². The number of aryl methyl sites for hydroxylation is 1. The molecule has 166 valence electrons. The number of nitrogens with one attached hydrogen (secondary N) is 2. The highest BCUT2D eigenvalue weighted by atomic mass is 32.2. The second-order valence-corrected chi connectivity index (χ2v) is 9.69. The maximum atomic E-state index is 12.7. The lowest BCUT2D eigenvalue weighted by Crippen LogP contribution is -2.23. The van der Waals surface area contributed by atoms with Crippen molar-refractivity contribution in [3.8, 4) is 11.4 Å². The molecule has 1 saturated heterocycles. The van der Waals surface area contributed by atoms with Crippen LogP contribution in [0.1, 0.15) is 32.1 Å². The molecule has 0 aromatic carbocycles. The smallest absolute Gasteiger partial charge is 0.164 e. The molecule has 5 rings (SSSR count). The normalized spacial score (nSPS) is 17.3. The number of hydrogen-bond acceptors (Lipinski definition) is 8. The van der Waals surface area contributed by atoms with Crippen molar-refractivity contribution in [1.29, 1.82) is 0 Å². The highest BCUT2D eigenvalue weighted by Gasteiger charge is 2.23. The summed E-state index contributed by atoms with van der Waals surface area (Å²) in [7, 11) is -1.21. The molecule has 4 aromatic heterocycles. The zero-order valence-electron chi connectivity index (χ0n) is 18.2. The fourth-order valence-corrected chi connectivity index (χ4v) is 5.25. The summed E-state index contributed by atoms with van der Waals surface area (Å²) in [6, 6.07) is 4.06. The zero-order chi connectivity index (χ0) is 22.2. The van der Waals surface area contributed by atoms with Gasteiger partial charge in [0.15, 0.2) is 5.82 Å². The van der Waals surface area contributed by atoms with Gasteiger partial charge in [0.05, 0.1) is 34.9 Å². The molecule has 1 aliphatic heterocycles. The van der Waals surface area contributed by atoms with Gasteiger partial charge < -0.3 is 15.2 Å². The van der Waals surface area contributed by atoms with Gasteiger partial charge in [0.25, 0.3) is 0 Å². The van der Waals surface area contributed by atoms with Crippen molar-refractivity contribution >= 4 is 33.7 Å². The second kappa shape index (κ2) is 8.40. The lowest BCUT2D eigenvalue weighted by molar-refractivity contribution is 0.600. The van der Waals surface area contributed by atoms with E-state index in [4.69, 9.17) is 0 Å². The molecule has 1 fully saturated rings. The molecular formula is C21H25N9OS. The molecule has 32 heavy (non-hydrogen) atoms. The van der Waals surface area contributed by atoms with Gasteiger partial charge in [0.2, 0.25) is 0 Å². The van der Waals surface area contributed by atoms with Crippen LogP contribution in [0.15, 0.2) is 36.9 Å². The van der Waals surface area contributed by atoms with Crippen molar-refractivity contribution < 1.29 is 4.21 Å². The van der Waals surface area contributed by atoms with Crippen LogP contribution < -0.4 is 10.6 Å². The first kappa shape index (κ1) is 20.7. The highest BCUT2D eigenvalue weighted by Crippen LogP contribution is 2.24. The first-order chi connectivity index (χ1) is 15.5. The van der Waals surface area contributed by atoms with E-state index in [2.05, 4.69) is 54.1 Å². The van der Waals surface area contributed by atoms with Gasteiger partial charge in [-0.3, -0.25) is 0 Å². The lowest BCUT2D eigenvalue weighted by atomic mass is 10.3. The maximum absolute atomic E-state index is 12.7. The molecule has 0 aliphatic carbocycles. The van der Waals surface area contributed by atoms with E-state index in [1.165, 1.54) is 4.09 Å². The number of imidazole rings is 1. The molecule has 1 aliphatic rings. The summed E-state index contributed by atoms with van der Waals surface area (Å²) in [5.41, 5.74) is 2.60. The molecule has 2 N–H and O–H groups in total. The van der Waals surface area contributed by atoms with Crippen LogP contribution in [-0.4, -0.2) is 56.2 Å². The van der Waals surface area contributed by atoms with Gasteiger partial charge in [-0.15, -0.1) is 0 Å². The monoisotopic (exact) mass is 451 g/mol. The van der Waals surface area contributed by atoms with Crippen LogP contribution in [0.5, 0.6) is 0 Å². The Kier molecular flexibility index (Phi) is 5.43. The Bertz CT molecular complexity index is 1290. The third-order valence-corrected chi connectivity index (χ3v) is 7.02. The first-order valence-electron chi connectivity index (χ1n) is 10.6. The standard InChI is InChI=1S/C21H25N9OS/c1-13(2)30-14(3)26-17-11-24-20(8-18(17)30)27-19-5-7-23-21(28-19)15-9-25-29(12-15)32(31)16-4-6-22-10-16/h5,7-9,11-13,16,22H,4,6,10H2,1-3H3,(H,23,24,27,28). The Labute approximate surface area is 188 Å². The minimum atomic E-state index is -1.21. The minimum Gasteiger partial charge on any atom is -0.326 e. The number of rotatable bonds is 6. The van der Waals surface area contributed by atoms with Crippen molar-refractivity contribution in [2.45, 2.75) is 38.5 Å².